The highest BCUT2D eigenvalue weighted by Gasteiger charge is 2.14. The summed E-state index contributed by atoms with van der Waals surface area (Å²) in [5.74, 6) is 1.26. The van der Waals surface area contributed by atoms with Crippen molar-refractivity contribution >= 4 is 23.4 Å². The molecule has 7 nitrogen and oxygen atoms in total. The maximum absolute atomic E-state index is 12.5. The van der Waals surface area contributed by atoms with Crippen LogP contribution in [0, 0.1) is 0 Å². The molecular weight excluding hydrogens is 374 g/mol. The number of ether oxygens (including phenoxy) is 1. The van der Waals surface area contributed by atoms with Crippen molar-refractivity contribution < 1.29 is 9.53 Å². The average molecular weight is 398 g/mol. The monoisotopic (exact) mass is 397 g/mol. The highest BCUT2D eigenvalue weighted by molar-refractivity contribution is 7.99. The van der Waals surface area contributed by atoms with Crippen molar-refractivity contribution in [2.45, 2.75) is 31.3 Å². The van der Waals surface area contributed by atoms with Crippen molar-refractivity contribution in [1.82, 2.24) is 20.2 Å². The molecule has 146 valence electrons. The predicted octanol–water partition coefficient (Wildman–Crippen LogP) is 3.92. The van der Waals surface area contributed by atoms with Crippen molar-refractivity contribution in [3.05, 3.63) is 54.1 Å². The second-order valence-corrected chi connectivity index (χ2v) is 7.25. The van der Waals surface area contributed by atoms with Gasteiger partial charge < -0.3 is 10.1 Å². The molecular formula is C20H23N5O2S. The number of tetrazole rings is 1. The fourth-order valence-electron chi connectivity index (χ4n) is 2.73. The van der Waals surface area contributed by atoms with Crippen LogP contribution in [0.1, 0.15) is 31.7 Å². The zero-order chi connectivity index (χ0) is 19.9. The number of carbonyl (C=O) groups is 1. The number of aromatic nitrogens is 4. The molecule has 1 atom stereocenters. The van der Waals surface area contributed by atoms with Gasteiger partial charge in [-0.25, -0.2) is 0 Å². The number of para-hydroxylation sites is 1. The topological polar surface area (TPSA) is 81.9 Å². The molecule has 3 rings (SSSR count). The molecule has 0 aliphatic carbocycles. The number of rotatable bonds is 8. The van der Waals surface area contributed by atoms with Gasteiger partial charge in [0.25, 0.3) is 0 Å². The summed E-state index contributed by atoms with van der Waals surface area (Å²) in [6, 6.07) is 15.3. The Balaban J connectivity index is 1.65. The Morgan fingerprint density at radius 1 is 1.21 bits per heavy atom. The van der Waals surface area contributed by atoms with Crippen LogP contribution in [0.4, 0.5) is 5.69 Å². The lowest BCUT2D eigenvalue weighted by atomic mass is 9.97. The van der Waals surface area contributed by atoms with Gasteiger partial charge in [-0.3, -0.25) is 4.79 Å². The zero-order valence-electron chi connectivity index (χ0n) is 16.1. The van der Waals surface area contributed by atoms with E-state index in [4.69, 9.17) is 4.74 Å². The van der Waals surface area contributed by atoms with E-state index in [9.17, 15) is 4.79 Å². The molecule has 28 heavy (non-hydrogen) atoms. The third kappa shape index (κ3) is 4.69. The first-order valence-electron chi connectivity index (χ1n) is 9.06. The molecule has 1 N–H and O–H groups in total. The molecule has 1 aromatic heterocycles. The molecule has 0 radical (unpaired) electrons. The molecule has 0 bridgehead atoms. The van der Waals surface area contributed by atoms with E-state index in [-0.39, 0.29) is 11.7 Å². The normalized spacial score (nSPS) is 11.8. The van der Waals surface area contributed by atoms with Crippen molar-refractivity contribution in [2.75, 3.05) is 18.2 Å². The van der Waals surface area contributed by atoms with Crippen LogP contribution in [-0.2, 0) is 4.79 Å². The van der Waals surface area contributed by atoms with Crippen LogP contribution in [0.5, 0.6) is 5.75 Å². The second kappa shape index (κ2) is 9.36. The van der Waals surface area contributed by atoms with Crippen LogP contribution in [0.25, 0.3) is 5.69 Å². The largest absolute Gasteiger partial charge is 0.497 e. The first kappa shape index (κ1) is 19.9. The third-order valence-corrected chi connectivity index (χ3v) is 5.39. The Morgan fingerprint density at radius 2 is 1.96 bits per heavy atom. The Hall–Kier alpha value is -2.87. The van der Waals surface area contributed by atoms with Crippen LogP contribution in [-0.4, -0.2) is 39.0 Å². The minimum absolute atomic E-state index is 0.0926. The summed E-state index contributed by atoms with van der Waals surface area (Å²) in [5.41, 5.74) is 2.81. The molecule has 1 heterocycles. The van der Waals surface area contributed by atoms with Gasteiger partial charge in [-0.05, 0) is 58.7 Å². The number of hydrogen-bond acceptors (Lipinski definition) is 6. The SMILES string of the molecule is CC[C@@H](C)c1ccccc1NC(=O)CSc1nnnn1-c1ccc(OC)cc1. The van der Waals surface area contributed by atoms with Crippen LogP contribution < -0.4 is 10.1 Å². The summed E-state index contributed by atoms with van der Waals surface area (Å²) in [7, 11) is 1.62. The van der Waals surface area contributed by atoms with Crippen molar-refractivity contribution in [3.8, 4) is 11.4 Å². The smallest absolute Gasteiger partial charge is 0.234 e. The maximum atomic E-state index is 12.5. The number of amides is 1. The lowest BCUT2D eigenvalue weighted by molar-refractivity contribution is -0.113. The minimum atomic E-state index is -0.0926. The fraction of sp³-hybridized carbons (Fsp3) is 0.300. The molecule has 0 fully saturated rings. The molecule has 0 spiro atoms. The van der Waals surface area contributed by atoms with Crippen LogP contribution in [0.3, 0.4) is 0 Å². The molecule has 0 saturated carbocycles. The first-order chi connectivity index (χ1) is 13.6. The predicted molar refractivity (Wildman–Crippen MR) is 110 cm³/mol. The quantitative estimate of drug-likeness (QED) is 0.580. The van der Waals surface area contributed by atoms with E-state index in [1.165, 1.54) is 11.8 Å². The molecule has 0 unspecified atom stereocenters. The van der Waals surface area contributed by atoms with Gasteiger partial charge in [0.15, 0.2) is 0 Å². The van der Waals surface area contributed by atoms with Gasteiger partial charge in [0, 0.05) is 5.69 Å². The molecule has 2 aromatic carbocycles. The Bertz CT molecular complexity index is 926. The summed E-state index contributed by atoms with van der Waals surface area (Å²) in [6.45, 7) is 4.29. The second-order valence-electron chi connectivity index (χ2n) is 6.30. The number of methoxy groups -OCH3 is 1. The number of hydrogen-bond donors (Lipinski definition) is 1. The highest BCUT2D eigenvalue weighted by Crippen LogP contribution is 2.27. The van der Waals surface area contributed by atoms with Gasteiger partial charge in [-0.2, -0.15) is 4.68 Å². The van der Waals surface area contributed by atoms with Crippen molar-refractivity contribution in [1.29, 1.82) is 0 Å². The average Bonchev–Trinajstić information content (AvgIpc) is 3.21. The van der Waals surface area contributed by atoms with Gasteiger partial charge in [0.2, 0.25) is 11.1 Å². The van der Waals surface area contributed by atoms with Crippen molar-refractivity contribution in [3.63, 3.8) is 0 Å². The molecule has 8 heteroatoms. The zero-order valence-corrected chi connectivity index (χ0v) is 16.9. The van der Waals surface area contributed by atoms with Crippen LogP contribution in [0.2, 0.25) is 0 Å². The minimum Gasteiger partial charge on any atom is -0.497 e. The van der Waals surface area contributed by atoms with E-state index in [1.54, 1.807) is 11.8 Å². The van der Waals surface area contributed by atoms with Gasteiger partial charge in [0.05, 0.1) is 18.6 Å². The first-order valence-corrected chi connectivity index (χ1v) is 10.0. The summed E-state index contributed by atoms with van der Waals surface area (Å²) in [4.78, 5) is 12.5. The Morgan fingerprint density at radius 3 is 2.68 bits per heavy atom. The summed E-state index contributed by atoms with van der Waals surface area (Å²) in [6.07, 6.45) is 1.01. The fourth-order valence-corrected chi connectivity index (χ4v) is 3.42. The highest BCUT2D eigenvalue weighted by atomic mass is 32.2. The summed E-state index contributed by atoms with van der Waals surface area (Å²) < 4.78 is 6.77. The van der Waals surface area contributed by atoms with E-state index in [2.05, 4.69) is 40.8 Å². The van der Waals surface area contributed by atoms with Gasteiger partial charge in [-0.1, -0.05) is 43.8 Å². The summed E-state index contributed by atoms with van der Waals surface area (Å²) in [5, 5.41) is 15.3. The standard InChI is InChI=1S/C20H23N5O2S/c1-4-14(2)17-7-5-6-8-18(17)21-19(26)13-28-20-22-23-24-25(20)15-9-11-16(27-3)12-10-15/h5-12,14H,4,13H2,1-3H3,(H,21,26)/t14-/m1/s1. The third-order valence-electron chi connectivity index (χ3n) is 4.47. The lowest BCUT2D eigenvalue weighted by Gasteiger charge is -2.15. The molecule has 0 saturated heterocycles. The number of nitrogens with one attached hydrogen (secondary N) is 1. The number of nitrogens with zero attached hydrogens (tertiary/aromatic N) is 4. The molecule has 3 aromatic rings. The van der Waals surface area contributed by atoms with E-state index in [0.29, 0.717) is 11.1 Å². The van der Waals surface area contributed by atoms with Crippen LogP contribution >= 0.6 is 11.8 Å². The number of anilines is 1. The van der Waals surface area contributed by atoms with Crippen molar-refractivity contribution in [2.24, 2.45) is 0 Å². The van der Waals surface area contributed by atoms with E-state index in [0.717, 1.165) is 29.1 Å². The Labute approximate surface area is 168 Å². The van der Waals surface area contributed by atoms with Gasteiger partial charge >= 0.3 is 0 Å². The van der Waals surface area contributed by atoms with E-state index in [1.807, 2.05) is 42.5 Å². The Kier molecular flexibility index (Phi) is 6.65. The van der Waals surface area contributed by atoms with Gasteiger partial charge in [-0.15, -0.1) is 5.10 Å². The van der Waals surface area contributed by atoms with Gasteiger partial charge in [0.1, 0.15) is 5.75 Å². The number of benzene rings is 2. The molecule has 0 aliphatic heterocycles. The number of carbonyl (C=O) groups excluding carboxylic acids is 1. The summed E-state index contributed by atoms with van der Waals surface area (Å²) >= 11 is 1.29. The van der Waals surface area contributed by atoms with E-state index < -0.39 is 0 Å². The molecule has 1 amide bonds. The lowest BCUT2D eigenvalue weighted by Crippen LogP contribution is -2.16. The maximum Gasteiger partial charge on any atom is 0.234 e. The molecule has 0 aliphatic rings. The van der Waals surface area contributed by atoms with Crippen LogP contribution in [0.15, 0.2) is 53.7 Å². The number of thioether (sulfide) groups is 1. The van der Waals surface area contributed by atoms with E-state index >= 15 is 0 Å².